The molecule has 0 aliphatic carbocycles. The number of halogens is 1. The molecule has 2 rings (SSSR count). The van der Waals surface area contributed by atoms with Crippen LogP contribution in [0.2, 0.25) is 5.02 Å². The van der Waals surface area contributed by atoms with E-state index in [4.69, 9.17) is 21.6 Å². The zero-order chi connectivity index (χ0) is 16.8. The summed E-state index contributed by atoms with van der Waals surface area (Å²) in [6.07, 6.45) is 1.39. The highest BCUT2D eigenvalue weighted by molar-refractivity contribution is 6.31. The van der Waals surface area contributed by atoms with E-state index in [1.165, 1.54) is 12.3 Å². The second-order valence-corrected chi connectivity index (χ2v) is 5.26. The van der Waals surface area contributed by atoms with Gasteiger partial charge >= 0.3 is 0 Å². The number of hydrogen-bond acceptors (Lipinski definition) is 4. The van der Waals surface area contributed by atoms with Gasteiger partial charge in [-0.15, -0.1) is 0 Å². The molecule has 0 fully saturated rings. The number of carbonyl (C=O) groups is 1. The smallest absolute Gasteiger partial charge is 0.240 e. The third kappa shape index (κ3) is 4.09. The summed E-state index contributed by atoms with van der Waals surface area (Å²) in [5.41, 5.74) is 0.137. The van der Waals surface area contributed by atoms with Crippen molar-refractivity contribution >= 4 is 28.4 Å². The van der Waals surface area contributed by atoms with Crippen LogP contribution in [-0.4, -0.2) is 30.2 Å². The average Bonchev–Trinajstić information content (AvgIpc) is 2.54. The van der Waals surface area contributed by atoms with Gasteiger partial charge in [-0.1, -0.05) is 11.6 Å². The predicted molar refractivity (Wildman–Crippen MR) is 87.4 cm³/mol. The van der Waals surface area contributed by atoms with Crippen LogP contribution in [0.25, 0.3) is 10.9 Å². The first-order valence-electron chi connectivity index (χ1n) is 7.14. The molecule has 0 bridgehead atoms. The number of carbonyl (C=O) groups excluding carboxylic acids is 1. The lowest BCUT2D eigenvalue weighted by Gasteiger charge is -2.12. The van der Waals surface area contributed by atoms with Crippen LogP contribution in [0.5, 0.6) is 0 Å². The molecule has 1 heterocycles. The van der Waals surface area contributed by atoms with Crippen LogP contribution in [0.3, 0.4) is 0 Å². The van der Waals surface area contributed by atoms with Gasteiger partial charge in [0.1, 0.15) is 18.2 Å². The molecule has 0 saturated heterocycles. The first-order chi connectivity index (χ1) is 11.1. The highest BCUT2D eigenvalue weighted by atomic mass is 35.5. The van der Waals surface area contributed by atoms with Gasteiger partial charge in [-0.2, -0.15) is 5.26 Å². The van der Waals surface area contributed by atoms with Crippen molar-refractivity contribution in [2.75, 3.05) is 19.8 Å². The van der Waals surface area contributed by atoms with E-state index in [2.05, 4.69) is 5.32 Å². The van der Waals surface area contributed by atoms with Crippen LogP contribution in [0.15, 0.2) is 29.2 Å². The molecular weight excluding hydrogens is 318 g/mol. The quantitative estimate of drug-likeness (QED) is 0.815. The molecule has 0 saturated carbocycles. The Morgan fingerprint density at radius 2 is 2.26 bits per heavy atom. The lowest BCUT2D eigenvalue weighted by Crippen LogP contribution is -2.31. The first-order valence-corrected chi connectivity index (χ1v) is 7.52. The van der Waals surface area contributed by atoms with Crippen molar-refractivity contribution in [1.82, 2.24) is 9.88 Å². The highest BCUT2D eigenvalue weighted by Crippen LogP contribution is 2.17. The van der Waals surface area contributed by atoms with E-state index in [9.17, 15) is 9.59 Å². The molecule has 6 nitrogen and oxygen atoms in total. The fourth-order valence-electron chi connectivity index (χ4n) is 2.20. The van der Waals surface area contributed by atoms with E-state index in [0.717, 1.165) is 0 Å². The molecule has 1 amide bonds. The summed E-state index contributed by atoms with van der Waals surface area (Å²) in [7, 11) is 0. The van der Waals surface area contributed by atoms with E-state index in [0.29, 0.717) is 35.7 Å². The summed E-state index contributed by atoms with van der Waals surface area (Å²) >= 11 is 5.92. The van der Waals surface area contributed by atoms with Gasteiger partial charge in [-0.3, -0.25) is 9.59 Å². The number of fused-ring (bicyclic) bond motifs is 1. The molecule has 1 aromatic heterocycles. The average molecular weight is 334 g/mol. The minimum absolute atomic E-state index is 0.000776. The monoisotopic (exact) mass is 333 g/mol. The number of benzene rings is 1. The third-order valence-corrected chi connectivity index (χ3v) is 3.48. The molecule has 0 radical (unpaired) electrons. The molecule has 120 valence electrons. The Kier molecular flexibility index (Phi) is 5.74. The molecule has 0 unspecified atom stereocenters. The largest absolute Gasteiger partial charge is 0.380 e. The number of aromatic nitrogens is 1. The molecule has 0 aliphatic heterocycles. The van der Waals surface area contributed by atoms with Gasteiger partial charge in [0, 0.05) is 29.8 Å². The van der Waals surface area contributed by atoms with Crippen molar-refractivity contribution in [3.63, 3.8) is 0 Å². The van der Waals surface area contributed by atoms with Crippen LogP contribution in [-0.2, 0) is 16.1 Å². The van der Waals surface area contributed by atoms with Crippen LogP contribution in [0.1, 0.15) is 12.5 Å². The summed E-state index contributed by atoms with van der Waals surface area (Å²) in [6, 6.07) is 6.65. The van der Waals surface area contributed by atoms with Crippen LogP contribution >= 0.6 is 11.6 Å². The maximum absolute atomic E-state index is 12.2. The molecule has 1 aromatic carbocycles. The zero-order valence-electron chi connectivity index (χ0n) is 12.6. The predicted octanol–water partition coefficient (Wildman–Crippen LogP) is 1.68. The van der Waals surface area contributed by atoms with E-state index < -0.39 is 5.43 Å². The molecule has 0 aliphatic rings. The summed E-state index contributed by atoms with van der Waals surface area (Å²) in [4.78, 5) is 24.2. The maximum Gasteiger partial charge on any atom is 0.240 e. The Morgan fingerprint density at radius 1 is 1.48 bits per heavy atom. The first kappa shape index (κ1) is 17.0. The topological polar surface area (TPSA) is 84.1 Å². The molecule has 23 heavy (non-hydrogen) atoms. The number of pyridine rings is 1. The Hall–Kier alpha value is -2.36. The van der Waals surface area contributed by atoms with Crippen LogP contribution < -0.4 is 10.7 Å². The second-order valence-electron chi connectivity index (χ2n) is 4.82. The van der Waals surface area contributed by atoms with Crippen molar-refractivity contribution in [2.45, 2.75) is 13.5 Å². The third-order valence-electron chi connectivity index (χ3n) is 3.25. The molecular formula is C16H16ClN3O3. The number of nitriles is 1. The second kappa shape index (κ2) is 7.77. The van der Waals surface area contributed by atoms with Crippen molar-refractivity contribution in [1.29, 1.82) is 5.26 Å². The fourth-order valence-corrected chi connectivity index (χ4v) is 2.37. The number of rotatable bonds is 6. The highest BCUT2D eigenvalue weighted by Gasteiger charge is 2.11. The van der Waals surface area contributed by atoms with Gasteiger partial charge in [0.05, 0.1) is 12.1 Å². The van der Waals surface area contributed by atoms with Gasteiger partial charge in [0.2, 0.25) is 11.3 Å². The van der Waals surface area contributed by atoms with Crippen LogP contribution in [0, 0.1) is 11.3 Å². The lowest BCUT2D eigenvalue weighted by molar-refractivity contribution is -0.121. The van der Waals surface area contributed by atoms with Gasteiger partial charge in [0.25, 0.3) is 0 Å². The summed E-state index contributed by atoms with van der Waals surface area (Å²) in [6.45, 7) is 3.31. The molecule has 2 aromatic rings. The number of nitrogens with zero attached hydrogens (tertiary/aromatic N) is 2. The number of amides is 1. The van der Waals surface area contributed by atoms with E-state index in [-0.39, 0.29) is 18.0 Å². The number of nitrogens with one attached hydrogen (secondary N) is 1. The van der Waals surface area contributed by atoms with E-state index in [1.54, 1.807) is 16.7 Å². The Bertz CT molecular complexity index is 824. The lowest BCUT2D eigenvalue weighted by atomic mass is 10.1. The van der Waals surface area contributed by atoms with Crippen molar-refractivity contribution in [2.24, 2.45) is 0 Å². The number of hydrogen-bond donors (Lipinski definition) is 1. The normalized spacial score (nSPS) is 10.5. The Balaban J connectivity index is 2.30. The van der Waals surface area contributed by atoms with E-state index >= 15 is 0 Å². The van der Waals surface area contributed by atoms with E-state index in [1.807, 2.05) is 13.0 Å². The standard InChI is InChI=1S/C16H16ClN3O3/c1-2-23-6-5-19-15(21)10-20-9-11(8-18)16(22)13-7-12(17)3-4-14(13)20/h3-4,7,9H,2,5-6,10H2,1H3,(H,19,21). The molecule has 0 spiro atoms. The van der Waals surface area contributed by atoms with Crippen molar-refractivity contribution < 1.29 is 9.53 Å². The molecule has 7 heteroatoms. The minimum Gasteiger partial charge on any atom is -0.380 e. The summed E-state index contributed by atoms with van der Waals surface area (Å²) in [5, 5.41) is 12.5. The zero-order valence-corrected chi connectivity index (χ0v) is 13.4. The van der Waals surface area contributed by atoms with Gasteiger partial charge in [0.15, 0.2) is 0 Å². The minimum atomic E-state index is -0.391. The van der Waals surface area contributed by atoms with Crippen molar-refractivity contribution in [3.8, 4) is 6.07 Å². The summed E-state index contributed by atoms with van der Waals surface area (Å²) in [5.74, 6) is -0.228. The fraction of sp³-hybridized carbons (Fsp3) is 0.312. The maximum atomic E-state index is 12.2. The van der Waals surface area contributed by atoms with Crippen LogP contribution in [0.4, 0.5) is 0 Å². The summed E-state index contributed by atoms with van der Waals surface area (Å²) < 4.78 is 6.72. The van der Waals surface area contributed by atoms with Gasteiger partial charge in [-0.05, 0) is 25.1 Å². The Morgan fingerprint density at radius 3 is 2.96 bits per heavy atom. The molecule has 0 atom stereocenters. The van der Waals surface area contributed by atoms with Gasteiger partial charge in [-0.25, -0.2) is 0 Å². The SMILES string of the molecule is CCOCCNC(=O)Cn1cc(C#N)c(=O)c2cc(Cl)ccc21. The molecule has 1 N–H and O–H groups in total. The Labute approximate surface area is 138 Å². The number of ether oxygens (including phenoxy) is 1. The van der Waals surface area contributed by atoms with Crippen molar-refractivity contribution in [3.05, 3.63) is 45.2 Å². The van der Waals surface area contributed by atoms with Gasteiger partial charge < -0.3 is 14.6 Å².